The van der Waals surface area contributed by atoms with Crippen molar-refractivity contribution in [2.45, 2.75) is 254 Å². The van der Waals surface area contributed by atoms with Gasteiger partial charge in [0.25, 0.3) is 0 Å². The first-order valence-corrected chi connectivity index (χ1v) is 45.9. The third-order valence-corrected chi connectivity index (χ3v) is 27.7. The van der Waals surface area contributed by atoms with Gasteiger partial charge in [-0.25, -0.2) is 13.1 Å². The molecule has 36 nitrogen and oxygen atoms in total. The molecule has 5 aromatic carbocycles. The maximum Gasteiger partial charge on any atom is 0.248 e. The minimum absolute atomic E-state index is 0.0159. The van der Waals surface area contributed by atoms with E-state index in [1.165, 1.54) is 50.4 Å². The molecule has 127 heavy (non-hydrogen) atoms. The summed E-state index contributed by atoms with van der Waals surface area (Å²) in [6, 6.07) is -0.320. The van der Waals surface area contributed by atoms with Gasteiger partial charge in [0.15, 0.2) is 23.9 Å². The lowest BCUT2D eigenvalue weighted by molar-refractivity contribution is -0.328. The van der Waals surface area contributed by atoms with E-state index in [-0.39, 0.29) is 111 Å². The van der Waals surface area contributed by atoms with Crippen LogP contribution in [-0.2, 0) is 69.1 Å². The molecule has 5 aromatic rings. The number of hydrogen-bond acceptors (Lipinski definition) is 27. The summed E-state index contributed by atoms with van der Waals surface area (Å²) in [6.45, 7) is 9.43. The first-order valence-electron chi connectivity index (χ1n) is 43.8. The van der Waals surface area contributed by atoms with Crippen LogP contribution in [0.5, 0.6) is 46.0 Å². The van der Waals surface area contributed by atoms with Crippen LogP contribution < -0.4 is 78.3 Å². The van der Waals surface area contributed by atoms with Crippen molar-refractivity contribution >= 4 is 68.9 Å². The number of amides is 8. The normalized spacial score (nSPS) is 29.7. The molecule has 7 heterocycles. The van der Waals surface area contributed by atoms with Gasteiger partial charge in [-0.2, -0.15) is 0 Å². The Morgan fingerprint density at radius 1 is 0.677 bits per heavy atom. The first kappa shape index (κ1) is 95.0. The number of aliphatic hydroxyl groups is 5. The molecule has 38 heteroatoms. The lowest BCUT2D eigenvalue weighted by Gasteiger charge is -2.54. The number of sulfonamides is 1. The molecule has 16 rings (SSSR count). The SMILES string of the molecule is CCCCCCCCCS(=O)(=O)NCCNCc1c(O)cc2c(c1O)-c1cc(ccc1O)[C@H]1NC(=O)[C@@H]3NC(=O)[C@H](CC(N)=O)NC(=O)[C@H](NC(=O)[C@@H](CC(C)C)NC)[C@H](O)c4ccc(c(C)c4)Oc4cc3cc(c4O[C@@H]3O[C@H](CO)[C@@H](O)[C@H](O)[C@H]3O[C@H]3C[C@H](N)[C@H](C)[C@H](C)O3)Oc3ccc(cc3Cl)[C@@H](O)[C@H](NC1=O)C(=O)N[C@@H]2C(=O)NC1C2CC3CC(C2)CC1C3. The van der Waals surface area contributed by atoms with Crippen LogP contribution in [0.1, 0.15) is 200 Å². The van der Waals surface area contributed by atoms with Gasteiger partial charge in [0, 0.05) is 49.3 Å². The Bertz CT molecular complexity index is 4970. The quantitative estimate of drug-likeness (QED) is 0.0311. The number of nitrogens with two attached hydrogens (primary N) is 2. The number of nitrogens with one attached hydrogen (secondary N) is 10. The van der Waals surface area contributed by atoms with Crippen LogP contribution in [0, 0.1) is 42.4 Å². The monoisotopic (exact) mass is 1810 g/mol. The molecule has 7 aliphatic heterocycles. The summed E-state index contributed by atoms with van der Waals surface area (Å²) in [7, 11) is -2.24. The van der Waals surface area contributed by atoms with Crippen molar-refractivity contribution in [3.63, 3.8) is 0 Å². The highest BCUT2D eigenvalue weighted by Crippen LogP contribution is 2.55. The van der Waals surface area contributed by atoms with E-state index in [1.807, 2.05) is 20.8 Å². The molecule has 0 unspecified atom stereocenters. The Kier molecular flexibility index (Phi) is 30.7. The lowest BCUT2D eigenvalue weighted by Crippen LogP contribution is -2.62. The van der Waals surface area contributed by atoms with Crippen LogP contribution in [0.15, 0.2) is 72.8 Å². The Morgan fingerprint density at radius 3 is 1.96 bits per heavy atom. The number of fused-ring (bicyclic) bond motifs is 15. The molecule has 4 aliphatic carbocycles. The van der Waals surface area contributed by atoms with Crippen LogP contribution in [-0.4, -0.2) is 208 Å². The predicted octanol–water partition coefficient (Wildman–Crippen LogP) is 4.26. The highest BCUT2D eigenvalue weighted by atomic mass is 35.5. The minimum atomic E-state index is -3.74. The van der Waals surface area contributed by atoms with Crippen molar-refractivity contribution in [1.82, 2.24) is 52.6 Å². The maximum atomic E-state index is 16.6. The molecule has 0 aromatic heterocycles. The van der Waals surface area contributed by atoms with Gasteiger partial charge in [0.1, 0.15) is 95.5 Å². The number of carbonyl (C=O) groups is 8. The summed E-state index contributed by atoms with van der Waals surface area (Å²) in [6.07, 6.45) is -5.24. The van der Waals surface area contributed by atoms with Crippen molar-refractivity contribution in [3.05, 3.63) is 117 Å². The van der Waals surface area contributed by atoms with Crippen molar-refractivity contribution in [2.75, 3.05) is 32.5 Å². The molecule has 6 fully saturated rings. The van der Waals surface area contributed by atoms with E-state index in [9.17, 15) is 58.9 Å². The predicted molar refractivity (Wildman–Crippen MR) is 460 cm³/mol. The van der Waals surface area contributed by atoms with Crippen molar-refractivity contribution in [1.29, 1.82) is 0 Å². The third kappa shape index (κ3) is 21.8. The van der Waals surface area contributed by atoms with Crippen molar-refractivity contribution in [2.24, 2.45) is 47.0 Å². The Labute approximate surface area is 741 Å². The fourth-order valence-corrected chi connectivity index (χ4v) is 20.4. The molecule has 4 saturated carbocycles. The molecule has 22 N–H and O–H groups in total. The molecule has 0 radical (unpaired) electrons. The number of aliphatic hydroxyl groups excluding tert-OH is 5. The zero-order valence-electron chi connectivity index (χ0n) is 72.0. The number of phenols is 3. The van der Waals surface area contributed by atoms with E-state index in [4.69, 9.17) is 51.5 Å². The second kappa shape index (κ2) is 41.0. The van der Waals surface area contributed by atoms with Gasteiger partial charge in [-0.05, 0) is 189 Å². The Balaban J connectivity index is 0.985. The number of aryl methyl sites for hydroxylation is 1. The van der Waals surface area contributed by atoms with Crippen LogP contribution in [0.2, 0.25) is 5.02 Å². The number of unbranched alkanes of at least 4 members (excludes halogenated alkanes) is 6. The first-order chi connectivity index (χ1) is 60.5. The number of likely N-dealkylation sites (N-methyl/N-ethyl adjacent to an activating group) is 1. The van der Waals surface area contributed by atoms with Gasteiger partial charge in [0.05, 0.1) is 41.5 Å². The minimum Gasteiger partial charge on any atom is -0.507 e. The maximum absolute atomic E-state index is 16.6. The number of halogens is 1. The van der Waals surface area contributed by atoms with Crippen LogP contribution in [0.4, 0.5) is 0 Å². The molecular weight excluding hydrogens is 1690 g/mol. The van der Waals surface area contributed by atoms with Crippen molar-refractivity contribution in [3.8, 4) is 57.1 Å². The molecule has 15 bridgehead atoms. The van der Waals surface area contributed by atoms with Gasteiger partial charge >= 0.3 is 0 Å². The average Bonchev–Trinajstić information content (AvgIpc) is 0.752. The lowest BCUT2D eigenvalue weighted by atomic mass is 9.54. The summed E-state index contributed by atoms with van der Waals surface area (Å²) in [5.74, 6) is -13.1. The number of ether oxygens (including phenoxy) is 6. The number of benzene rings is 5. The molecule has 692 valence electrons. The highest BCUT2D eigenvalue weighted by Gasteiger charge is 2.53. The van der Waals surface area contributed by atoms with Gasteiger partial charge in [-0.15, -0.1) is 0 Å². The second-order valence-electron chi connectivity index (χ2n) is 35.5. The van der Waals surface area contributed by atoms with Gasteiger partial charge in [-0.3, -0.25) is 38.4 Å². The molecular formula is C89H119ClN12O24S. The van der Waals surface area contributed by atoms with E-state index < -0.39 is 232 Å². The number of rotatable bonds is 28. The number of aromatic hydroxyl groups is 3. The summed E-state index contributed by atoms with van der Waals surface area (Å²) in [5, 5.41) is 122. The summed E-state index contributed by atoms with van der Waals surface area (Å²) in [5.41, 5.74) is 10.3. The number of primary amides is 1. The number of phenolic OH excluding ortho intramolecular Hbond substituents is 3. The molecule has 11 aliphatic rings. The molecule has 0 spiro atoms. The van der Waals surface area contributed by atoms with Crippen LogP contribution in [0.25, 0.3) is 11.1 Å². The van der Waals surface area contributed by atoms with Gasteiger partial charge in [0.2, 0.25) is 69.3 Å². The van der Waals surface area contributed by atoms with Crippen LogP contribution in [0.3, 0.4) is 0 Å². The zero-order chi connectivity index (χ0) is 91.3. The Morgan fingerprint density at radius 2 is 1.31 bits per heavy atom. The topological polar surface area (TPSA) is 560 Å². The van der Waals surface area contributed by atoms with Gasteiger partial charge in [-0.1, -0.05) is 96.0 Å². The summed E-state index contributed by atoms with van der Waals surface area (Å²) < 4.78 is 68.6. The standard InChI is InChI=1S/C89H119ClN12O24S/c1-8-9-10-11-12-13-14-23-127(119,120)95-22-21-94-38-54-60(105)35-53-68(77(54)109)52-31-46(15-18-59(52)104)70-84(114)102-74(88(118)100-72(53)86(116)97-69-49-27-44-26-45(29-49)30-50(69)28-44)76(108)48-17-20-62(55(90)32-48)123-64-34-51-33-63(80(64)126-89-81(79(111)78(110)65(39-103)124-89)125-67-36-56(91)42(5)43(6)121-67)122-61-19-16-47(25-41(61)4)75(107)73(101-82(112)57(93-7)24-40(2)3)87(117)96-58(37-66(92)106)83(113)98-71(51)85(115)99-70/h15-20,25,31-35,40,42-45,49-50,56-58,65,67,69-76,78-79,81,89,93-95,103-105,107-111H,8-14,21-24,26-30,36-39,91H2,1-7H3,(H2,92,106)(H,96,117)(H,97,116)(H,98,113)(H,99,115)(H,100,118)(H,101,112)(H,102,114)/t42-,43+,44?,45?,49?,50?,56+,57-,58+,65-,67+,69?,70-,71-,72+,73-,74+,75-,76-,78-,79+,81-,89+/m1/s1. The summed E-state index contributed by atoms with van der Waals surface area (Å²) >= 11 is 7.32. The van der Waals surface area contributed by atoms with Crippen LogP contribution >= 0.6 is 11.6 Å². The van der Waals surface area contributed by atoms with Gasteiger partial charge < -0.3 is 129 Å². The molecule has 2 saturated heterocycles. The van der Waals surface area contributed by atoms with Crippen molar-refractivity contribution < 1.29 is 116 Å². The Hall–Kier alpha value is -9.58. The second-order valence-corrected chi connectivity index (χ2v) is 37.9. The van der Waals surface area contributed by atoms with E-state index in [0.29, 0.717) is 18.3 Å². The average molecular weight is 1810 g/mol. The fraction of sp³-hybridized carbons (Fsp3) is 0.573. The summed E-state index contributed by atoms with van der Waals surface area (Å²) in [4.78, 5) is 123. The van der Waals surface area contributed by atoms with E-state index in [0.717, 1.165) is 107 Å². The largest absolute Gasteiger partial charge is 0.507 e. The number of hydrogen-bond donors (Lipinski definition) is 20. The smallest absolute Gasteiger partial charge is 0.248 e. The number of carbonyl (C=O) groups excluding carboxylic acids is 8. The third-order valence-electron chi connectivity index (χ3n) is 25.9. The molecule has 18 atom stereocenters. The highest BCUT2D eigenvalue weighted by molar-refractivity contribution is 7.89. The van der Waals surface area contributed by atoms with E-state index in [1.54, 1.807) is 6.92 Å². The zero-order valence-corrected chi connectivity index (χ0v) is 73.5. The van der Waals surface area contributed by atoms with E-state index >= 15 is 28.8 Å². The van der Waals surface area contributed by atoms with E-state index in [2.05, 4.69) is 59.5 Å². The molecule has 8 amide bonds. The fourth-order valence-electron chi connectivity index (χ4n) is 19.0.